The van der Waals surface area contributed by atoms with E-state index in [1.807, 2.05) is 0 Å². The normalized spacial score (nSPS) is 11.5. The average molecular weight is 354 g/mol. The van der Waals surface area contributed by atoms with Crippen molar-refractivity contribution in [3.8, 4) is 0 Å². The summed E-state index contributed by atoms with van der Waals surface area (Å²) >= 11 is 5.81. The third kappa shape index (κ3) is 4.28. The second-order valence-corrected chi connectivity index (χ2v) is 7.56. The molecule has 0 aliphatic rings. The summed E-state index contributed by atoms with van der Waals surface area (Å²) in [6.45, 7) is 0.259. The van der Waals surface area contributed by atoms with Crippen LogP contribution in [-0.2, 0) is 16.6 Å². The fraction of sp³-hybridized carbons (Fsp3) is 0.200. The maximum Gasteiger partial charge on any atom is 0.270 e. The summed E-state index contributed by atoms with van der Waals surface area (Å²) in [7, 11) is -0.504. The second kappa shape index (κ2) is 7.08. The van der Waals surface area contributed by atoms with Gasteiger partial charge in [0.05, 0.1) is 4.90 Å². The van der Waals surface area contributed by atoms with Crippen LogP contribution >= 0.6 is 11.6 Å². The minimum absolute atomic E-state index is 0.203. The zero-order valence-electron chi connectivity index (χ0n) is 12.7. The number of sulfonamides is 1. The maximum absolute atomic E-state index is 12.0. The Morgan fingerprint density at radius 3 is 2.43 bits per heavy atom. The summed E-state index contributed by atoms with van der Waals surface area (Å²) in [6.07, 6.45) is 1.46. The van der Waals surface area contributed by atoms with Crippen molar-refractivity contribution >= 4 is 27.5 Å². The van der Waals surface area contributed by atoms with E-state index in [0.29, 0.717) is 5.02 Å². The molecular formula is C15H16ClN3O3S. The largest absolute Gasteiger partial charge is 0.347 e. The number of pyridine rings is 1. The van der Waals surface area contributed by atoms with Crippen LogP contribution in [0.25, 0.3) is 0 Å². The molecule has 6 nitrogen and oxygen atoms in total. The Morgan fingerprint density at radius 1 is 1.22 bits per heavy atom. The lowest BCUT2D eigenvalue weighted by Crippen LogP contribution is -2.24. The highest BCUT2D eigenvalue weighted by atomic mass is 35.5. The van der Waals surface area contributed by atoms with E-state index in [0.717, 1.165) is 9.87 Å². The standard InChI is InChI=1S/C15H16ClN3O3S/c1-19(2)23(21,22)13-5-3-11(4-6-13)10-18-15(20)14-9-12(16)7-8-17-14/h3-9H,10H2,1-2H3,(H,18,20). The number of nitrogens with one attached hydrogen (secondary N) is 1. The topological polar surface area (TPSA) is 79.4 Å². The summed E-state index contributed by atoms with van der Waals surface area (Å²) < 4.78 is 25.1. The van der Waals surface area contributed by atoms with Crippen molar-refractivity contribution < 1.29 is 13.2 Å². The van der Waals surface area contributed by atoms with Gasteiger partial charge in [0, 0.05) is 31.9 Å². The van der Waals surface area contributed by atoms with Crippen molar-refractivity contribution in [2.45, 2.75) is 11.4 Å². The third-order valence-corrected chi connectivity index (χ3v) is 5.17. The van der Waals surface area contributed by atoms with Gasteiger partial charge in [-0.05, 0) is 29.8 Å². The number of aromatic nitrogens is 1. The van der Waals surface area contributed by atoms with E-state index in [4.69, 9.17) is 11.6 Å². The number of hydrogen-bond acceptors (Lipinski definition) is 4. The third-order valence-electron chi connectivity index (χ3n) is 3.11. The van der Waals surface area contributed by atoms with Gasteiger partial charge in [0.2, 0.25) is 10.0 Å². The smallest absolute Gasteiger partial charge is 0.270 e. The molecule has 1 amide bonds. The highest BCUT2D eigenvalue weighted by Gasteiger charge is 2.16. The van der Waals surface area contributed by atoms with Crippen LogP contribution in [0.1, 0.15) is 16.1 Å². The van der Waals surface area contributed by atoms with Crippen molar-refractivity contribution in [2.24, 2.45) is 0 Å². The van der Waals surface area contributed by atoms with Crippen molar-refractivity contribution in [2.75, 3.05) is 14.1 Å². The van der Waals surface area contributed by atoms with Gasteiger partial charge in [-0.15, -0.1) is 0 Å². The van der Waals surface area contributed by atoms with Crippen LogP contribution in [0.15, 0.2) is 47.5 Å². The van der Waals surface area contributed by atoms with Crippen molar-refractivity contribution in [3.05, 3.63) is 58.9 Å². The van der Waals surface area contributed by atoms with Crippen molar-refractivity contribution in [3.63, 3.8) is 0 Å². The first-order valence-corrected chi connectivity index (χ1v) is 8.54. The van der Waals surface area contributed by atoms with Crippen LogP contribution in [0, 0.1) is 0 Å². The molecule has 0 aliphatic carbocycles. The van der Waals surface area contributed by atoms with Gasteiger partial charge in [-0.25, -0.2) is 12.7 Å². The number of benzene rings is 1. The van der Waals surface area contributed by atoms with Crippen LogP contribution < -0.4 is 5.32 Å². The van der Waals surface area contributed by atoms with Crippen LogP contribution in [0.5, 0.6) is 0 Å². The van der Waals surface area contributed by atoms with Crippen LogP contribution in [0.3, 0.4) is 0 Å². The van der Waals surface area contributed by atoms with Crippen LogP contribution in [-0.4, -0.2) is 37.7 Å². The number of halogens is 1. The molecule has 0 saturated carbocycles. The number of nitrogens with zero attached hydrogens (tertiary/aromatic N) is 2. The highest BCUT2D eigenvalue weighted by molar-refractivity contribution is 7.89. The van der Waals surface area contributed by atoms with Gasteiger partial charge in [0.1, 0.15) is 5.69 Å². The fourth-order valence-electron chi connectivity index (χ4n) is 1.79. The van der Waals surface area contributed by atoms with E-state index in [1.165, 1.54) is 38.5 Å². The molecule has 0 atom stereocenters. The molecule has 0 saturated heterocycles. The van der Waals surface area contributed by atoms with Gasteiger partial charge in [0.25, 0.3) is 5.91 Å². The summed E-state index contributed by atoms with van der Waals surface area (Å²) in [5.41, 5.74) is 1.00. The lowest BCUT2D eigenvalue weighted by Gasteiger charge is -2.11. The Morgan fingerprint density at radius 2 is 1.87 bits per heavy atom. The van der Waals surface area contributed by atoms with Crippen molar-refractivity contribution in [1.82, 2.24) is 14.6 Å². The molecule has 0 aliphatic heterocycles. The van der Waals surface area contributed by atoms with Gasteiger partial charge >= 0.3 is 0 Å². The summed E-state index contributed by atoms with van der Waals surface area (Å²) in [5.74, 6) is -0.350. The highest BCUT2D eigenvalue weighted by Crippen LogP contribution is 2.14. The summed E-state index contributed by atoms with van der Waals surface area (Å²) in [4.78, 5) is 16.1. The molecule has 0 fully saturated rings. The molecule has 0 radical (unpaired) electrons. The molecule has 2 rings (SSSR count). The molecule has 1 heterocycles. The zero-order valence-corrected chi connectivity index (χ0v) is 14.2. The minimum atomic E-state index is -3.45. The van der Waals surface area contributed by atoms with E-state index in [2.05, 4.69) is 10.3 Å². The molecule has 1 aromatic carbocycles. The first-order valence-electron chi connectivity index (χ1n) is 6.72. The van der Waals surface area contributed by atoms with Crippen LogP contribution in [0.4, 0.5) is 0 Å². The zero-order chi connectivity index (χ0) is 17.0. The Labute approximate surface area is 140 Å². The number of amides is 1. The van der Waals surface area contributed by atoms with Crippen LogP contribution in [0.2, 0.25) is 5.02 Å². The monoisotopic (exact) mass is 353 g/mol. The van der Waals surface area contributed by atoms with Crippen molar-refractivity contribution in [1.29, 1.82) is 0 Å². The Kier molecular flexibility index (Phi) is 5.35. The summed E-state index contributed by atoms with van der Waals surface area (Å²) in [6, 6.07) is 9.39. The Bertz CT molecular complexity index is 805. The predicted octanol–water partition coefficient (Wildman–Crippen LogP) is 1.92. The number of hydrogen-bond donors (Lipinski definition) is 1. The van der Waals surface area contributed by atoms with E-state index in [-0.39, 0.29) is 23.0 Å². The molecule has 1 N–H and O–H groups in total. The molecule has 1 aromatic heterocycles. The lowest BCUT2D eigenvalue weighted by atomic mass is 10.2. The molecule has 0 bridgehead atoms. The first kappa shape index (κ1) is 17.4. The Hall–Kier alpha value is -1.96. The fourth-order valence-corrected chi connectivity index (χ4v) is 2.85. The molecule has 23 heavy (non-hydrogen) atoms. The van der Waals surface area contributed by atoms with Gasteiger partial charge in [-0.2, -0.15) is 0 Å². The molecule has 0 spiro atoms. The number of rotatable bonds is 5. The van der Waals surface area contributed by atoms with Gasteiger partial charge < -0.3 is 5.32 Å². The van der Waals surface area contributed by atoms with E-state index >= 15 is 0 Å². The first-order chi connectivity index (χ1) is 10.8. The number of carbonyl (C=O) groups is 1. The molecular weight excluding hydrogens is 338 g/mol. The van der Waals surface area contributed by atoms with Gasteiger partial charge in [0.15, 0.2) is 0 Å². The maximum atomic E-state index is 12.0. The van der Waals surface area contributed by atoms with E-state index in [1.54, 1.807) is 18.2 Å². The predicted molar refractivity (Wildman–Crippen MR) is 87.7 cm³/mol. The summed E-state index contributed by atoms with van der Waals surface area (Å²) in [5, 5.41) is 3.14. The minimum Gasteiger partial charge on any atom is -0.347 e. The van der Waals surface area contributed by atoms with E-state index in [9.17, 15) is 13.2 Å². The SMILES string of the molecule is CN(C)S(=O)(=O)c1ccc(CNC(=O)c2cc(Cl)ccn2)cc1. The molecule has 0 unspecified atom stereocenters. The Balaban J connectivity index is 2.03. The molecule has 8 heteroatoms. The quantitative estimate of drug-likeness (QED) is 0.890. The number of carbonyl (C=O) groups excluding carboxylic acids is 1. The van der Waals surface area contributed by atoms with Gasteiger partial charge in [-0.3, -0.25) is 9.78 Å². The van der Waals surface area contributed by atoms with E-state index < -0.39 is 10.0 Å². The lowest BCUT2D eigenvalue weighted by molar-refractivity contribution is 0.0946. The molecule has 122 valence electrons. The van der Waals surface area contributed by atoms with Gasteiger partial charge in [-0.1, -0.05) is 23.7 Å². The molecule has 2 aromatic rings. The average Bonchev–Trinajstić information content (AvgIpc) is 2.52. The second-order valence-electron chi connectivity index (χ2n) is 4.97.